The number of carbonyl (C=O) groups is 1. The van der Waals surface area contributed by atoms with E-state index in [9.17, 15) is 4.79 Å². The van der Waals surface area contributed by atoms with Gasteiger partial charge in [0.2, 0.25) is 0 Å². The van der Waals surface area contributed by atoms with E-state index in [1.165, 1.54) is 19.4 Å². The molecule has 168 valence electrons. The quantitative estimate of drug-likeness (QED) is 0.563. The predicted molar refractivity (Wildman–Crippen MR) is 115 cm³/mol. The van der Waals surface area contributed by atoms with E-state index in [4.69, 9.17) is 18.9 Å². The summed E-state index contributed by atoms with van der Waals surface area (Å²) in [7, 11) is 0. The molecule has 0 spiro atoms. The first-order valence-electron chi connectivity index (χ1n) is 10.5. The molecule has 1 atom stereocenters. The van der Waals surface area contributed by atoms with Crippen molar-refractivity contribution in [3.63, 3.8) is 0 Å². The van der Waals surface area contributed by atoms with Crippen LogP contribution in [0.4, 0.5) is 0 Å². The van der Waals surface area contributed by atoms with Crippen LogP contribution in [0.1, 0.15) is 22.6 Å². The van der Waals surface area contributed by atoms with Crippen molar-refractivity contribution >= 4 is 9.81 Å². The number of nitrogens with one attached hydrogen (secondary N) is 1. The number of hydrogen-bond acceptors (Lipinski definition) is 6. The molecular formula is C23H25N3O5W. The van der Waals surface area contributed by atoms with Gasteiger partial charge < -0.3 is 4.74 Å². The van der Waals surface area contributed by atoms with Crippen molar-refractivity contribution in [2.24, 2.45) is 0 Å². The fourth-order valence-corrected chi connectivity index (χ4v) is 4.24. The molecule has 1 aromatic carbocycles. The first-order valence-corrected chi connectivity index (χ1v) is 12.0. The minimum absolute atomic E-state index is 0.00175. The number of nitrogens with zero attached hydrogens (tertiary/aromatic N) is 2. The van der Waals surface area contributed by atoms with Gasteiger partial charge in [0.1, 0.15) is 0 Å². The Morgan fingerprint density at radius 3 is 2.97 bits per heavy atom. The number of carbonyl (C=O) groups excluding carboxylic acids is 1. The molecule has 1 amide bonds. The van der Waals surface area contributed by atoms with E-state index in [2.05, 4.69) is 14.9 Å². The van der Waals surface area contributed by atoms with Crippen LogP contribution >= 0.6 is 0 Å². The molecule has 8 nitrogen and oxygen atoms in total. The monoisotopic (exact) mass is 607 g/mol. The summed E-state index contributed by atoms with van der Waals surface area (Å²) >= 11 is 1.31. The summed E-state index contributed by atoms with van der Waals surface area (Å²) in [4.78, 5) is 17.3. The molecule has 1 fully saturated rings. The van der Waals surface area contributed by atoms with Crippen molar-refractivity contribution in [2.75, 3.05) is 33.0 Å². The van der Waals surface area contributed by atoms with Crippen LogP contribution in [0.15, 0.2) is 55.0 Å². The Morgan fingerprint density at radius 1 is 1.16 bits per heavy atom. The second kappa shape index (κ2) is 11.4. The second-order valence-corrected chi connectivity index (χ2v) is 8.80. The summed E-state index contributed by atoms with van der Waals surface area (Å²) in [6.45, 7) is 3.25. The molecule has 0 aliphatic carbocycles. The number of allylic oxidation sites excluding steroid dienone is 3. The first kappa shape index (κ1) is 22.6. The van der Waals surface area contributed by atoms with Crippen molar-refractivity contribution in [1.82, 2.24) is 14.9 Å². The zero-order chi connectivity index (χ0) is 22.2. The average Bonchev–Trinajstić information content (AvgIpc) is 3.48. The van der Waals surface area contributed by atoms with Gasteiger partial charge >= 0.3 is 173 Å². The summed E-state index contributed by atoms with van der Waals surface area (Å²) in [5, 5.41) is 2.80. The topological polar surface area (TPSA) is 83.8 Å². The molecule has 0 bridgehead atoms. The van der Waals surface area contributed by atoms with E-state index in [-0.39, 0.29) is 12.0 Å². The van der Waals surface area contributed by atoms with Crippen molar-refractivity contribution in [3.05, 3.63) is 66.4 Å². The van der Waals surface area contributed by atoms with Crippen LogP contribution < -0.4 is 14.8 Å². The molecule has 4 rings (SSSR count). The molecule has 1 unspecified atom stereocenters. The number of ether oxygens (including phenoxy) is 4. The molecule has 0 radical (unpaired) electrons. The maximum absolute atomic E-state index is 12.8. The number of fused-ring (bicyclic) bond motifs is 2. The van der Waals surface area contributed by atoms with Gasteiger partial charge in [-0.05, 0) is 0 Å². The van der Waals surface area contributed by atoms with E-state index in [0.29, 0.717) is 56.6 Å². The molecule has 3 heterocycles. The second-order valence-electron chi connectivity index (χ2n) is 7.22. The van der Waals surface area contributed by atoms with Gasteiger partial charge in [0.25, 0.3) is 0 Å². The average molecular weight is 607 g/mol. The maximum atomic E-state index is 12.8. The summed E-state index contributed by atoms with van der Waals surface area (Å²) in [6.07, 6.45) is 11.8. The Labute approximate surface area is 197 Å². The third kappa shape index (κ3) is 6.03. The third-order valence-electron chi connectivity index (χ3n) is 4.95. The number of imidazole rings is 1. The standard InChI is InChI=1S/C23H25N3O5.W/c27-23-20-16-18(31-19-7-12-29-17-19)5-6-21(20)30-15-14-28-13-11-26-10-9-24-22(26)4-2-1-3-8-25-23;/h1-3,5-6,8-10,16,19H,7,11-15,17H2,(H,25,27);. The molecule has 2 aliphatic heterocycles. The van der Waals surface area contributed by atoms with Crippen LogP contribution in [0.2, 0.25) is 0 Å². The molecule has 2 aromatic rings. The summed E-state index contributed by atoms with van der Waals surface area (Å²) < 4.78 is 26.1. The number of aromatic nitrogens is 2. The Bertz CT molecular complexity index is 1010. The number of amides is 1. The Balaban J connectivity index is 1.50. The van der Waals surface area contributed by atoms with Crippen molar-refractivity contribution in [1.29, 1.82) is 0 Å². The summed E-state index contributed by atoms with van der Waals surface area (Å²) in [5.41, 5.74) is 0.409. The molecule has 1 saturated heterocycles. The van der Waals surface area contributed by atoms with Crippen molar-refractivity contribution in [3.8, 4) is 11.5 Å². The minimum atomic E-state index is -0.273. The molecule has 1 aromatic heterocycles. The van der Waals surface area contributed by atoms with Gasteiger partial charge in [0.05, 0.1) is 13.2 Å². The zero-order valence-corrected chi connectivity index (χ0v) is 20.5. The molecule has 1 N–H and O–H groups in total. The van der Waals surface area contributed by atoms with Crippen LogP contribution in [0.5, 0.6) is 11.5 Å². The molecule has 32 heavy (non-hydrogen) atoms. The van der Waals surface area contributed by atoms with Gasteiger partial charge in [-0.15, -0.1) is 0 Å². The van der Waals surface area contributed by atoms with Gasteiger partial charge in [0.15, 0.2) is 0 Å². The number of rotatable bonds is 2. The summed E-state index contributed by atoms with van der Waals surface area (Å²) in [5.74, 6) is 1.75. The zero-order valence-electron chi connectivity index (χ0n) is 17.6. The van der Waals surface area contributed by atoms with Crippen LogP contribution in [-0.2, 0) is 35.4 Å². The van der Waals surface area contributed by atoms with E-state index in [1.807, 2.05) is 24.4 Å². The number of hydrogen-bond donors (Lipinski definition) is 1. The molecule has 2 aliphatic rings. The van der Waals surface area contributed by atoms with Gasteiger partial charge in [-0.25, -0.2) is 0 Å². The fourth-order valence-electron chi connectivity index (χ4n) is 3.35. The van der Waals surface area contributed by atoms with Gasteiger partial charge in [-0.2, -0.15) is 0 Å². The van der Waals surface area contributed by atoms with Crippen LogP contribution in [0.3, 0.4) is 0 Å². The molecular weight excluding hydrogens is 582 g/mol. The van der Waals surface area contributed by atoms with Gasteiger partial charge in [0, 0.05) is 6.42 Å². The van der Waals surface area contributed by atoms with Crippen LogP contribution in [0, 0.1) is 0 Å². The Morgan fingerprint density at radius 2 is 2.09 bits per heavy atom. The Hall–Kier alpha value is -2.54. The predicted octanol–water partition coefficient (Wildman–Crippen LogP) is 2.03. The SMILES string of the molecule is O=C1NC=CC=C[C](=[W])c2nccn2CCOCCOc2ccc(OC3CCOC3)cc21. The van der Waals surface area contributed by atoms with Gasteiger partial charge in [-0.3, -0.25) is 0 Å². The van der Waals surface area contributed by atoms with E-state index in [0.717, 1.165) is 16.1 Å². The number of benzene rings is 1. The van der Waals surface area contributed by atoms with E-state index < -0.39 is 0 Å². The van der Waals surface area contributed by atoms with Crippen molar-refractivity contribution < 1.29 is 43.1 Å². The van der Waals surface area contributed by atoms with E-state index in [1.54, 1.807) is 30.6 Å². The van der Waals surface area contributed by atoms with Crippen LogP contribution in [0.25, 0.3) is 0 Å². The molecule has 0 saturated carbocycles. The normalized spacial score (nSPS) is 20.1. The fraction of sp³-hybridized carbons (Fsp3) is 0.348. The van der Waals surface area contributed by atoms with Crippen molar-refractivity contribution in [2.45, 2.75) is 19.1 Å². The van der Waals surface area contributed by atoms with E-state index >= 15 is 0 Å². The first-order chi connectivity index (χ1) is 15.7. The third-order valence-corrected chi connectivity index (χ3v) is 6.10. The summed E-state index contributed by atoms with van der Waals surface area (Å²) in [6, 6.07) is 5.28. The molecule has 9 heteroatoms. The van der Waals surface area contributed by atoms with Gasteiger partial charge in [-0.1, -0.05) is 0 Å². The Kier molecular flexibility index (Phi) is 8.04. The van der Waals surface area contributed by atoms with Crippen LogP contribution in [-0.4, -0.2) is 58.5 Å².